The van der Waals surface area contributed by atoms with Gasteiger partial charge < -0.3 is 9.84 Å². The first-order valence-electron chi connectivity index (χ1n) is 10.0. The number of hydrogen-bond donors (Lipinski definition) is 1. The van der Waals surface area contributed by atoms with Gasteiger partial charge in [-0.25, -0.2) is 0 Å². The Morgan fingerprint density at radius 3 is 2.34 bits per heavy atom. The second kappa shape index (κ2) is 8.93. The summed E-state index contributed by atoms with van der Waals surface area (Å²) in [6, 6.07) is 27.5. The van der Waals surface area contributed by atoms with E-state index in [1.165, 1.54) is 0 Å². The quantitative estimate of drug-likeness (QED) is 0.626. The zero-order valence-corrected chi connectivity index (χ0v) is 16.3. The van der Waals surface area contributed by atoms with Crippen molar-refractivity contribution in [2.45, 2.75) is 31.5 Å². The monoisotopic (exact) mass is 387 g/mol. The van der Waals surface area contributed by atoms with E-state index in [1.54, 1.807) is 0 Å². The molecule has 4 heteroatoms. The van der Waals surface area contributed by atoms with Gasteiger partial charge in [-0.15, -0.1) is 0 Å². The number of carboxylic acid groups (broad SMARTS) is 1. The lowest BCUT2D eigenvalue weighted by Gasteiger charge is -2.33. The Morgan fingerprint density at radius 2 is 1.62 bits per heavy atom. The van der Waals surface area contributed by atoms with Crippen LogP contribution >= 0.6 is 0 Å². The van der Waals surface area contributed by atoms with Crippen molar-refractivity contribution in [3.05, 3.63) is 102 Å². The summed E-state index contributed by atoms with van der Waals surface area (Å²) in [5, 5.41) is 9.77. The Kier molecular flexibility index (Phi) is 5.92. The Hall–Kier alpha value is -3.11. The minimum absolute atomic E-state index is 0.160. The average molecular weight is 387 g/mol. The van der Waals surface area contributed by atoms with Gasteiger partial charge in [0.2, 0.25) is 0 Å². The van der Waals surface area contributed by atoms with E-state index in [9.17, 15) is 9.90 Å². The number of benzene rings is 3. The molecule has 1 aliphatic heterocycles. The standard InChI is InChI=1S/C25H25NO3/c27-25(28)22-15-9-17-26(22)24(20-12-5-2-6-13-20)21-14-7-8-16-23(21)29-18-19-10-3-1-4-11-19/h1-8,10-14,16,22,24H,9,15,17-18H2,(H,27,28). The molecule has 3 aromatic carbocycles. The summed E-state index contributed by atoms with van der Waals surface area (Å²) in [5.74, 6) is 0.0346. The van der Waals surface area contributed by atoms with Gasteiger partial charge in [0.05, 0.1) is 6.04 Å². The van der Waals surface area contributed by atoms with Crippen LogP contribution in [0.1, 0.15) is 35.6 Å². The molecule has 2 unspecified atom stereocenters. The summed E-state index contributed by atoms with van der Waals surface area (Å²) in [7, 11) is 0. The summed E-state index contributed by atoms with van der Waals surface area (Å²) >= 11 is 0. The molecule has 1 aliphatic rings. The summed E-state index contributed by atoms with van der Waals surface area (Å²) < 4.78 is 6.21. The normalized spacial score (nSPS) is 17.7. The Bertz CT molecular complexity index is 943. The molecule has 1 saturated heterocycles. The first kappa shape index (κ1) is 19.2. The smallest absolute Gasteiger partial charge is 0.320 e. The van der Waals surface area contributed by atoms with E-state index < -0.39 is 12.0 Å². The molecule has 0 amide bonds. The van der Waals surface area contributed by atoms with E-state index in [-0.39, 0.29) is 6.04 Å². The van der Waals surface area contributed by atoms with Crippen LogP contribution in [0.3, 0.4) is 0 Å². The second-order valence-corrected chi connectivity index (χ2v) is 7.36. The third-order valence-electron chi connectivity index (χ3n) is 5.48. The molecule has 4 rings (SSSR count). The fourth-order valence-electron chi connectivity index (χ4n) is 4.12. The van der Waals surface area contributed by atoms with Gasteiger partial charge in [0.1, 0.15) is 18.4 Å². The number of aliphatic carboxylic acids is 1. The first-order valence-corrected chi connectivity index (χ1v) is 10.0. The molecular weight excluding hydrogens is 362 g/mol. The van der Waals surface area contributed by atoms with Gasteiger partial charge >= 0.3 is 5.97 Å². The molecule has 4 nitrogen and oxygen atoms in total. The van der Waals surface area contributed by atoms with Gasteiger partial charge in [0, 0.05) is 12.1 Å². The number of ether oxygens (including phenoxy) is 1. The highest BCUT2D eigenvalue weighted by Crippen LogP contribution is 2.39. The van der Waals surface area contributed by atoms with Gasteiger partial charge in [-0.3, -0.25) is 9.69 Å². The molecule has 2 atom stereocenters. The van der Waals surface area contributed by atoms with Gasteiger partial charge in [0.15, 0.2) is 0 Å². The number of hydrogen-bond acceptors (Lipinski definition) is 3. The highest BCUT2D eigenvalue weighted by molar-refractivity contribution is 5.74. The molecule has 0 aliphatic carbocycles. The lowest BCUT2D eigenvalue weighted by atomic mass is 9.95. The number of para-hydroxylation sites is 1. The highest BCUT2D eigenvalue weighted by atomic mass is 16.5. The minimum Gasteiger partial charge on any atom is -0.489 e. The molecule has 3 aromatic rings. The summed E-state index contributed by atoms with van der Waals surface area (Å²) in [5.41, 5.74) is 3.18. The molecule has 29 heavy (non-hydrogen) atoms. The Balaban J connectivity index is 1.70. The van der Waals surface area contributed by atoms with Crippen LogP contribution in [0.5, 0.6) is 5.75 Å². The lowest BCUT2D eigenvalue weighted by Crippen LogP contribution is -2.39. The van der Waals surface area contributed by atoms with Gasteiger partial charge in [-0.2, -0.15) is 0 Å². The highest BCUT2D eigenvalue weighted by Gasteiger charge is 2.37. The number of rotatable bonds is 7. The van der Waals surface area contributed by atoms with Crippen LogP contribution in [0.25, 0.3) is 0 Å². The minimum atomic E-state index is -0.758. The van der Waals surface area contributed by atoms with Crippen molar-refractivity contribution in [1.82, 2.24) is 4.90 Å². The second-order valence-electron chi connectivity index (χ2n) is 7.36. The fourth-order valence-corrected chi connectivity index (χ4v) is 4.12. The molecule has 1 heterocycles. The lowest BCUT2D eigenvalue weighted by molar-refractivity contribution is -0.142. The molecule has 0 bridgehead atoms. The van der Waals surface area contributed by atoms with Crippen LogP contribution in [-0.4, -0.2) is 28.6 Å². The van der Waals surface area contributed by atoms with E-state index in [4.69, 9.17) is 4.74 Å². The number of likely N-dealkylation sites (tertiary alicyclic amines) is 1. The van der Waals surface area contributed by atoms with Crippen LogP contribution in [0, 0.1) is 0 Å². The van der Waals surface area contributed by atoms with E-state index in [0.717, 1.165) is 35.4 Å². The fraction of sp³-hybridized carbons (Fsp3) is 0.240. The maximum absolute atomic E-state index is 11.9. The van der Waals surface area contributed by atoms with Crippen LogP contribution < -0.4 is 4.74 Å². The molecule has 0 radical (unpaired) electrons. The third kappa shape index (κ3) is 4.33. The third-order valence-corrected chi connectivity index (χ3v) is 5.48. The van der Waals surface area contributed by atoms with Crippen LogP contribution in [0.4, 0.5) is 0 Å². The summed E-state index contributed by atoms with van der Waals surface area (Å²) in [4.78, 5) is 14.0. The summed E-state index contributed by atoms with van der Waals surface area (Å²) in [6.07, 6.45) is 1.55. The number of nitrogens with zero attached hydrogens (tertiary/aromatic N) is 1. The largest absolute Gasteiger partial charge is 0.489 e. The molecular formula is C25H25NO3. The summed E-state index contributed by atoms with van der Waals surface area (Å²) in [6.45, 7) is 1.23. The van der Waals surface area contributed by atoms with Crippen molar-refractivity contribution in [2.75, 3.05) is 6.54 Å². The van der Waals surface area contributed by atoms with Gasteiger partial charge in [-0.1, -0.05) is 78.9 Å². The van der Waals surface area contributed by atoms with E-state index in [0.29, 0.717) is 13.0 Å². The van der Waals surface area contributed by atoms with Crippen LogP contribution in [0.2, 0.25) is 0 Å². The molecule has 1 N–H and O–H groups in total. The zero-order chi connectivity index (χ0) is 20.1. The van der Waals surface area contributed by atoms with Crippen LogP contribution in [-0.2, 0) is 11.4 Å². The van der Waals surface area contributed by atoms with Crippen LogP contribution in [0.15, 0.2) is 84.9 Å². The van der Waals surface area contributed by atoms with Gasteiger partial charge in [-0.05, 0) is 30.0 Å². The molecule has 0 spiro atoms. The molecule has 148 valence electrons. The molecule has 1 fully saturated rings. The number of carbonyl (C=O) groups is 1. The number of carboxylic acids is 1. The SMILES string of the molecule is O=C(O)C1CCCN1C(c1ccccc1)c1ccccc1OCc1ccccc1. The van der Waals surface area contributed by atoms with E-state index in [2.05, 4.69) is 23.1 Å². The molecule has 0 saturated carbocycles. The predicted molar refractivity (Wildman–Crippen MR) is 113 cm³/mol. The topological polar surface area (TPSA) is 49.8 Å². The van der Waals surface area contributed by atoms with Crippen molar-refractivity contribution in [3.8, 4) is 5.75 Å². The first-order chi connectivity index (χ1) is 14.2. The average Bonchev–Trinajstić information content (AvgIpc) is 3.25. The van der Waals surface area contributed by atoms with Crippen molar-refractivity contribution in [3.63, 3.8) is 0 Å². The van der Waals surface area contributed by atoms with Crippen molar-refractivity contribution >= 4 is 5.97 Å². The maximum atomic E-state index is 11.9. The van der Waals surface area contributed by atoms with Crippen molar-refractivity contribution in [2.24, 2.45) is 0 Å². The van der Waals surface area contributed by atoms with Gasteiger partial charge in [0.25, 0.3) is 0 Å². The van der Waals surface area contributed by atoms with Crippen molar-refractivity contribution in [1.29, 1.82) is 0 Å². The molecule has 0 aromatic heterocycles. The Morgan fingerprint density at radius 1 is 0.966 bits per heavy atom. The zero-order valence-electron chi connectivity index (χ0n) is 16.3. The van der Waals surface area contributed by atoms with E-state index >= 15 is 0 Å². The van der Waals surface area contributed by atoms with Crippen molar-refractivity contribution < 1.29 is 14.6 Å². The Labute approximate surface area is 171 Å². The maximum Gasteiger partial charge on any atom is 0.320 e. The van der Waals surface area contributed by atoms with E-state index in [1.807, 2.05) is 66.7 Å². The predicted octanol–water partition coefficient (Wildman–Crippen LogP) is 4.90.